The quantitative estimate of drug-likeness (QED) is 0.465. The summed E-state index contributed by atoms with van der Waals surface area (Å²) in [6.07, 6.45) is 0. The fourth-order valence-corrected chi connectivity index (χ4v) is 4.33. The Kier molecular flexibility index (Phi) is 5.39. The Balaban J connectivity index is 1.19. The molecule has 9 heteroatoms. The van der Waals surface area contributed by atoms with Crippen LogP contribution in [-0.4, -0.2) is 62.4 Å². The number of carbonyl (C=O) groups is 1. The summed E-state index contributed by atoms with van der Waals surface area (Å²) in [4.78, 5) is 19.3. The van der Waals surface area contributed by atoms with E-state index >= 15 is 0 Å². The van der Waals surface area contributed by atoms with Gasteiger partial charge in [-0.1, -0.05) is 36.0 Å². The molecular weight excluding hydrogens is 400 g/mol. The summed E-state index contributed by atoms with van der Waals surface area (Å²) in [7, 11) is 0. The first-order chi connectivity index (χ1) is 14.8. The fraction of sp³-hybridized carbons (Fsp3) is 0.286. The van der Waals surface area contributed by atoms with Gasteiger partial charge in [0.25, 0.3) is 0 Å². The van der Waals surface area contributed by atoms with Gasteiger partial charge >= 0.3 is 0 Å². The number of H-pyrrole nitrogens is 1. The zero-order chi connectivity index (χ0) is 20.3. The molecular formula is C21H22N6O2S. The molecule has 4 aromatic rings. The van der Waals surface area contributed by atoms with Gasteiger partial charge in [-0.3, -0.25) is 14.1 Å². The summed E-state index contributed by atoms with van der Waals surface area (Å²) in [6.45, 7) is 4.41. The van der Waals surface area contributed by atoms with Gasteiger partial charge in [-0.15, -0.1) is 5.10 Å². The third kappa shape index (κ3) is 4.04. The maximum atomic E-state index is 12.4. The van der Waals surface area contributed by atoms with Crippen LogP contribution in [0.1, 0.15) is 5.56 Å². The molecule has 1 aliphatic rings. The van der Waals surface area contributed by atoms with Crippen molar-refractivity contribution in [1.82, 2.24) is 24.5 Å². The van der Waals surface area contributed by atoms with Crippen LogP contribution in [0.4, 0.5) is 5.69 Å². The molecule has 154 valence electrons. The highest BCUT2D eigenvalue weighted by molar-refractivity contribution is 7.99. The number of benzene rings is 2. The standard InChI is InChI=1S/C21H22N6O2S/c28-19(22-16-7-5-15(6-8-16)13-26-9-11-29-12-10-26)14-30-21-25-24-20-23-17-3-1-2-4-18(17)27(20)21/h1-8H,9-14H2,(H,22,28)(H,23,24). The summed E-state index contributed by atoms with van der Waals surface area (Å²) in [5.41, 5.74) is 3.90. The molecule has 1 fully saturated rings. The fourth-order valence-electron chi connectivity index (χ4n) is 3.58. The summed E-state index contributed by atoms with van der Waals surface area (Å²) >= 11 is 1.38. The maximum Gasteiger partial charge on any atom is 0.234 e. The molecule has 1 aliphatic heterocycles. The zero-order valence-electron chi connectivity index (χ0n) is 16.4. The number of imidazole rings is 1. The lowest BCUT2D eigenvalue weighted by molar-refractivity contribution is -0.113. The van der Waals surface area contributed by atoms with E-state index in [9.17, 15) is 4.79 Å². The lowest BCUT2D eigenvalue weighted by Crippen LogP contribution is -2.35. The summed E-state index contributed by atoms with van der Waals surface area (Å²) in [5, 5.41) is 10.9. The first kappa shape index (κ1) is 19.1. The highest BCUT2D eigenvalue weighted by Gasteiger charge is 2.14. The van der Waals surface area contributed by atoms with Crippen molar-refractivity contribution >= 4 is 40.2 Å². The molecule has 2 aromatic carbocycles. The van der Waals surface area contributed by atoms with Crippen molar-refractivity contribution in [2.75, 3.05) is 37.4 Å². The topological polar surface area (TPSA) is 87.5 Å². The van der Waals surface area contributed by atoms with Crippen LogP contribution >= 0.6 is 11.8 Å². The van der Waals surface area contributed by atoms with Crippen molar-refractivity contribution in [2.45, 2.75) is 11.7 Å². The van der Waals surface area contributed by atoms with Gasteiger partial charge in [0.15, 0.2) is 5.16 Å². The molecule has 2 N–H and O–H groups in total. The average molecular weight is 423 g/mol. The average Bonchev–Trinajstić information content (AvgIpc) is 3.34. The molecule has 0 unspecified atom stereocenters. The van der Waals surface area contributed by atoms with Gasteiger partial charge in [0.05, 0.1) is 30.0 Å². The van der Waals surface area contributed by atoms with E-state index in [1.54, 1.807) is 0 Å². The number of hydrogen-bond acceptors (Lipinski definition) is 6. The van der Waals surface area contributed by atoms with Crippen LogP contribution in [0, 0.1) is 0 Å². The number of aromatic nitrogens is 4. The Hall–Kier alpha value is -2.88. The molecule has 0 atom stereocenters. The van der Waals surface area contributed by atoms with Gasteiger partial charge in [0, 0.05) is 25.3 Å². The van der Waals surface area contributed by atoms with Gasteiger partial charge in [-0.25, -0.2) is 10.1 Å². The van der Waals surface area contributed by atoms with Crippen LogP contribution in [0.15, 0.2) is 53.7 Å². The highest BCUT2D eigenvalue weighted by atomic mass is 32.2. The SMILES string of the molecule is O=C(CSc1n[nH]c2nc3ccccc3n12)Nc1ccc(CN2CCOCC2)cc1. The molecule has 3 heterocycles. The van der Waals surface area contributed by atoms with Gasteiger partial charge in [-0.05, 0) is 29.8 Å². The second-order valence-electron chi connectivity index (χ2n) is 7.19. The number of hydrogen-bond donors (Lipinski definition) is 2. The second-order valence-corrected chi connectivity index (χ2v) is 8.13. The lowest BCUT2D eigenvalue weighted by atomic mass is 10.2. The van der Waals surface area contributed by atoms with Crippen LogP contribution < -0.4 is 5.32 Å². The Labute approximate surface area is 177 Å². The van der Waals surface area contributed by atoms with Gasteiger partial charge < -0.3 is 10.1 Å². The lowest BCUT2D eigenvalue weighted by Gasteiger charge is -2.26. The number of para-hydroxylation sites is 2. The van der Waals surface area contributed by atoms with Crippen molar-refractivity contribution in [3.63, 3.8) is 0 Å². The van der Waals surface area contributed by atoms with E-state index in [4.69, 9.17) is 4.74 Å². The molecule has 0 saturated carbocycles. The van der Waals surface area contributed by atoms with Crippen molar-refractivity contribution in [1.29, 1.82) is 0 Å². The zero-order valence-corrected chi connectivity index (χ0v) is 17.2. The van der Waals surface area contributed by atoms with Crippen molar-refractivity contribution in [2.24, 2.45) is 0 Å². The number of amides is 1. The van der Waals surface area contributed by atoms with Gasteiger partial charge in [-0.2, -0.15) is 0 Å². The Bertz CT molecular complexity index is 1160. The normalized spacial score (nSPS) is 15.1. The minimum Gasteiger partial charge on any atom is -0.379 e. The molecule has 0 radical (unpaired) electrons. The van der Waals surface area contributed by atoms with Crippen LogP contribution in [0.5, 0.6) is 0 Å². The molecule has 0 spiro atoms. The molecule has 1 saturated heterocycles. The molecule has 0 bridgehead atoms. The number of rotatable bonds is 6. The number of nitrogens with zero attached hydrogens (tertiary/aromatic N) is 4. The third-order valence-corrected chi connectivity index (χ3v) is 6.02. The van der Waals surface area contributed by atoms with Crippen LogP contribution in [0.2, 0.25) is 0 Å². The van der Waals surface area contributed by atoms with E-state index < -0.39 is 0 Å². The minimum absolute atomic E-state index is 0.0681. The molecule has 30 heavy (non-hydrogen) atoms. The Morgan fingerprint density at radius 1 is 1.13 bits per heavy atom. The van der Waals surface area contributed by atoms with Gasteiger partial charge in [0.1, 0.15) is 0 Å². The van der Waals surface area contributed by atoms with E-state index in [2.05, 4.69) is 37.5 Å². The van der Waals surface area contributed by atoms with E-state index in [-0.39, 0.29) is 11.7 Å². The first-order valence-corrected chi connectivity index (χ1v) is 10.9. The molecule has 2 aromatic heterocycles. The number of morpholine rings is 1. The number of fused-ring (bicyclic) bond motifs is 3. The van der Waals surface area contributed by atoms with Crippen molar-refractivity contribution < 1.29 is 9.53 Å². The van der Waals surface area contributed by atoms with Crippen LogP contribution in [-0.2, 0) is 16.1 Å². The van der Waals surface area contributed by atoms with E-state index in [0.29, 0.717) is 5.78 Å². The number of nitrogens with one attached hydrogen (secondary N) is 2. The molecule has 0 aliphatic carbocycles. The number of ether oxygens (including phenoxy) is 1. The molecule has 8 nitrogen and oxygen atoms in total. The van der Waals surface area contributed by atoms with E-state index in [1.807, 2.05) is 40.8 Å². The predicted molar refractivity (Wildman–Crippen MR) is 117 cm³/mol. The first-order valence-electron chi connectivity index (χ1n) is 9.89. The maximum absolute atomic E-state index is 12.4. The van der Waals surface area contributed by atoms with Crippen LogP contribution in [0.25, 0.3) is 16.8 Å². The van der Waals surface area contributed by atoms with Crippen LogP contribution in [0.3, 0.4) is 0 Å². The predicted octanol–water partition coefficient (Wildman–Crippen LogP) is 2.77. The highest BCUT2D eigenvalue weighted by Crippen LogP contribution is 2.23. The van der Waals surface area contributed by atoms with Gasteiger partial charge in [0.2, 0.25) is 11.7 Å². The Morgan fingerprint density at radius 2 is 1.93 bits per heavy atom. The summed E-state index contributed by atoms with van der Waals surface area (Å²) < 4.78 is 7.33. The summed E-state index contributed by atoms with van der Waals surface area (Å²) in [6, 6.07) is 15.9. The van der Waals surface area contributed by atoms with Crippen molar-refractivity contribution in [3.05, 3.63) is 54.1 Å². The number of carbonyl (C=O) groups excluding carboxylic acids is 1. The second kappa shape index (κ2) is 8.47. The monoisotopic (exact) mass is 422 g/mol. The number of aromatic amines is 1. The third-order valence-electron chi connectivity index (χ3n) is 5.08. The smallest absolute Gasteiger partial charge is 0.234 e. The Morgan fingerprint density at radius 3 is 2.77 bits per heavy atom. The van der Waals surface area contributed by atoms with E-state index in [1.165, 1.54) is 17.3 Å². The van der Waals surface area contributed by atoms with E-state index in [0.717, 1.165) is 54.7 Å². The number of thioether (sulfide) groups is 1. The summed E-state index contributed by atoms with van der Waals surface area (Å²) in [5.74, 6) is 0.874. The minimum atomic E-state index is -0.0681. The number of anilines is 1. The molecule has 1 amide bonds. The molecule has 5 rings (SSSR count). The largest absolute Gasteiger partial charge is 0.379 e. The van der Waals surface area contributed by atoms with Crippen molar-refractivity contribution in [3.8, 4) is 0 Å².